The minimum Gasteiger partial charge on any atom is -0.493 e. The molecule has 0 aromatic heterocycles. The highest BCUT2D eigenvalue weighted by Crippen LogP contribution is 2.44. The number of methoxy groups -OCH3 is 2. The van der Waals surface area contributed by atoms with Gasteiger partial charge in [-0.15, -0.1) is 0 Å². The van der Waals surface area contributed by atoms with Gasteiger partial charge in [-0.1, -0.05) is 35.4 Å². The minimum absolute atomic E-state index is 0.0982. The number of hydrogen-bond acceptors (Lipinski definition) is 5. The Hall–Kier alpha value is -2.32. The number of rotatable bonds is 5. The molecule has 2 atom stereocenters. The van der Waals surface area contributed by atoms with Crippen molar-refractivity contribution in [3.63, 3.8) is 0 Å². The Bertz CT molecular complexity index is 1190. The van der Waals surface area contributed by atoms with Gasteiger partial charge in [0.2, 0.25) is 0 Å². The van der Waals surface area contributed by atoms with Gasteiger partial charge in [0, 0.05) is 42.2 Å². The van der Waals surface area contributed by atoms with Gasteiger partial charge in [0.1, 0.15) is 4.90 Å². The molecule has 2 bridgehead atoms. The molecule has 164 valence electrons. The fraction of sp³-hybridized carbons (Fsp3) is 0.304. The Morgan fingerprint density at radius 2 is 1.74 bits per heavy atom. The minimum atomic E-state index is -4.48. The molecular weight excluding hydrogens is 438 g/mol. The zero-order valence-corrected chi connectivity index (χ0v) is 19.1. The van der Waals surface area contributed by atoms with Crippen molar-refractivity contribution in [2.45, 2.75) is 11.8 Å². The summed E-state index contributed by atoms with van der Waals surface area (Å²) in [5.41, 5.74) is 4.65. The van der Waals surface area contributed by atoms with Crippen molar-refractivity contribution < 1.29 is 22.4 Å². The number of hydrogen-bond donors (Lipinski definition) is 1. The van der Waals surface area contributed by atoms with Crippen LogP contribution in [-0.2, 0) is 10.1 Å². The first-order valence-corrected chi connectivity index (χ1v) is 11.7. The average molecular weight is 462 g/mol. The van der Waals surface area contributed by atoms with E-state index in [-0.39, 0.29) is 16.6 Å². The Morgan fingerprint density at radius 3 is 2.35 bits per heavy atom. The summed E-state index contributed by atoms with van der Waals surface area (Å²) in [5.74, 6) is 0.751. The molecule has 0 fully saturated rings. The highest BCUT2D eigenvalue weighted by atomic mass is 35.5. The summed E-state index contributed by atoms with van der Waals surface area (Å²) in [7, 11) is -1.55. The molecule has 1 unspecified atom stereocenters. The molecule has 0 amide bonds. The standard InChI is InChI=1S/C23H24ClNO5S/c1-14-19-12-25(9-8-17(19)15-4-6-16(24)7-5-15)13-20(14)18-10-21(29-2)22(30-3)11-23(18)31(26,27)28/h4-8,10-11,19H,9,12-13H2,1-3H3,(H,26,27,28)/t19-/m0/s1. The SMILES string of the molecule is COc1cc(C2=C(C)[C@@H]3CN(CC=C3c3ccc(Cl)cc3)C2)c(S(=O)(=O)O)cc1OC. The summed E-state index contributed by atoms with van der Waals surface area (Å²) in [6, 6.07) is 10.7. The first kappa shape index (κ1) is 21.9. The van der Waals surface area contributed by atoms with Crippen LogP contribution in [0.2, 0.25) is 5.02 Å². The quantitative estimate of drug-likeness (QED) is 0.665. The maximum absolute atomic E-state index is 12.2. The van der Waals surface area contributed by atoms with Crippen molar-refractivity contribution in [3.05, 3.63) is 64.2 Å². The molecule has 2 aliphatic rings. The molecule has 2 aromatic carbocycles. The van der Waals surface area contributed by atoms with Crippen molar-refractivity contribution >= 4 is 32.9 Å². The molecule has 0 radical (unpaired) electrons. The molecule has 6 nitrogen and oxygen atoms in total. The van der Waals surface area contributed by atoms with Gasteiger partial charge in [0.05, 0.1) is 14.2 Å². The van der Waals surface area contributed by atoms with E-state index in [1.165, 1.54) is 25.9 Å². The van der Waals surface area contributed by atoms with Gasteiger partial charge in [-0.2, -0.15) is 8.42 Å². The lowest BCUT2D eigenvalue weighted by molar-refractivity contribution is 0.295. The number of halogens is 1. The maximum Gasteiger partial charge on any atom is 0.295 e. The number of fused-ring (bicyclic) bond motifs is 2. The highest BCUT2D eigenvalue weighted by molar-refractivity contribution is 7.86. The van der Waals surface area contributed by atoms with Gasteiger partial charge in [0.15, 0.2) is 11.5 Å². The number of nitrogens with zero attached hydrogens (tertiary/aromatic N) is 1. The smallest absolute Gasteiger partial charge is 0.295 e. The average Bonchev–Trinajstić information content (AvgIpc) is 2.75. The summed E-state index contributed by atoms with van der Waals surface area (Å²) in [4.78, 5) is 2.08. The van der Waals surface area contributed by atoms with Crippen LogP contribution >= 0.6 is 11.6 Å². The van der Waals surface area contributed by atoms with Crippen LogP contribution in [0.15, 0.2) is 52.9 Å². The van der Waals surface area contributed by atoms with E-state index >= 15 is 0 Å². The van der Waals surface area contributed by atoms with Crippen LogP contribution in [-0.4, -0.2) is 51.7 Å². The summed E-state index contributed by atoms with van der Waals surface area (Å²) in [6.45, 7) is 4.19. The largest absolute Gasteiger partial charge is 0.493 e. The first-order valence-electron chi connectivity index (χ1n) is 9.84. The molecule has 0 spiro atoms. The first-order chi connectivity index (χ1) is 14.7. The summed E-state index contributed by atoms with van der Waals surface area (Å²) in [6.07, 6.45) is 2.22. The van der Waals surface area contributed by atoms with E-state index in [0.29, 0.717) is 22.9 Å². The molecule has 4 rings (SSSR count). The molecule has 2 heterocycles. The normalized spacial score (nSPS) is 21.0. The molecule has 8 heteroatoms. The third-order valence-electron chi connectivity index (χ3n) is 6.03. The lowest BCUT2D eigenvalue weighted by Gasteiger charge is -2.40. The van der Waals surface area contributed by atoms with E-state index in [0.717, 1.165) is 29.8 Å². The molecule has 0 saturated heterocycles. The van der Waals surface area contributed by atoms with Crippen LogP contribution in [0, 0.1) is 5.92 Å². The predicted octanol–water partition coefficient (Wildman–Crippen LogP) is 4.41. The lowest BCUT2D eigenvalue weighted by Crippen LogP contribution is -2.40. The molecule has 2 aromatic rings. The van der Waals surface area contributed by atoms with Crippen molar-refractivity contribution in [3.8, 4) is 11.5 Å². The van der Waals surface area contributed by atoms with Gasteiger partial charge in [0.25, 0.3) is 10.1 Å². The fourth-order valence-electron chi connectivity index (χ4n) is 4.43. The molecule has 1 N–H and O–H groups in total. The second-order valence-electron chi connectivity index (χ2n) is 7.75. The third kappa shape index (κ3) is 4.11. The number of benzene rings is 2. The van der Waals surface area contributed by atoms with Crippen molar-refractivity contribution in [2.75, 3.05) is 33.9 Å². The summed E-state index contributed by atoms with van der Waals surface area (Å²) >= 11 is 6.06. The Labute approximate surface area is 187 Å². The summed E-state index contributed by atoms with van der Waals surface area (Å²) < 4.78 is 45.1. The number of ether oxygens (including phenoxy) is 2. The lowest BCUT2D eigenvalue weighted by atomic mass is 9.78. The molecular formula is C23H24ClNO5S. The van der Waals surface area contributed by atoms with Crippen molar-refractivity contribution in [1.29, 1.82) is 0 Å². The maximum atomic E-state index is 12.2. The van der Waals surface area contributed by atoms with E-state index < -0.39 is 10.1 Å². The van der Waals surface area contributed by atoms with E-state index in [1.807, 2.05) is 31.2 Å². The Balaban J connectivity index is 1.88. The van der Waals surface area contributed by atoms with Crippen molar-refractivity contribution in [1.82, 2.24) is 4.90 Å². The van der Waals surface area contributed by atoms with Crippen LogP contribution in [0.1, 0.15) is 18.1 Å². The molecule has 0 saturated carbocycles. The van der Waals surface area contributed by atoms with Crippen LogP contribution in [0.4, 0.5) is 0 Å². The van der Waals surface area contributed by atoms with Crippen LogP contribution < -0.4 is 9.47 Å². The van der Waals surface area contributed by atoms with Gasteiger partial charge < -0.3 is 9.47 Å². The van der Waals surface area contributed by atoms with Gasteiger partial charge in [-0.25, -0.2) is 0 Å². The molecule has 31 heavy (non-hydrogen) atoms. The van der Waals surface area contributed by atoms with Gasteiger partial charge in [-0.3, -0.25) is 9.45 Å². The van der Waals surface area contributed by atoms with Crippen LogP contribution in [0.3, 0.4) is 0 Å². The Morgan fingerprint density at radius 1 is 1.10 bits per heavy atom. The highest BCUT2D eigenvalue weighted by Gasteiger charge is 2.34. The zero-order valence-electron chi connectivity index (χ0n) is 17.6. The molecule has 0 aliphatic carbocycles. The third-order valence-corrected chi connectivity index (χ3v) is 7.18. The van der Waals surface area contributed by atoms with E-state index in [4.69, 9.17) is 21.1 Å². The molecule has 2 aliphatic heterocycles. The van der Waals surface area contributed by atoms with E-state index in [1.54, 1.807) is 6.07 Å². The van der Waals surface area contributed by atoms with E-state index in [9.17, 15) is 13.0 Å². The van der Waals surface area contributed by atoms with Gasteiger partial charge >= 0.3 is 0 Å². The second-order valence-corrected chi connectivity index (χ2v) is 9.58. The van der Waals surface area contributed by atoms with Crippen LogP contribution in [0.5, 0.6) is 11.5 Å². The van der Waals surface area contributed by atoms with E-state index in [2.05, 4.69) is 11.0 Å². The topological polar surface area (TPSA) is 76.1 Å². The second kappa shape index (κ2) is 8.31. The predicted molar refractivity (Wildman–Crippen MR) is 121 cm³/mol. The van der Waals surface area contributed by atoms with Gasteiger partial charge in [-0.05, 0) is 41.8 Å². The summed E-state index contributed by atoms with van der Waals surface area (Å²) in [5, 5.41) is 0.682. The fourth-order valence-corrected chi connectivity index (χ4v) is 5.27. The zero-order chi connectivity index (χ0) is 22.3. The Kier molecular flexibility index (Phi) is 5.87. The van der Waals surface area contributed by atoms with Crippen molar-refractivity contribution in [2.24, 2.45) is 5.92 Å². The monoisotopic (exact) mass is 461 g/mol. The van der Waals surface area contributed by atoms with Crippen LogP contribution in [0.25, 0.3) is 11.1 Å².